The number of hydrogen-bond donors (Lipinski definition) is 2. The molecule has 2 rings (SSSR count). The Balaban J connectivity index is 0.00000392. The van der Waals surface area contributed by atoms with E-state index in [1.54, 1.807) is 4.90 Å². The minimum absolute atomic E-state index is 0. The van der Waals surface area contributed by atoms with Crippen molar-refractivity contribution in [1.29, 1.82) is 0 Å². The second-order valence-corrected chi connectivity index (χ2v) is 6.94. The fraction of sp³-hybridized carbons (Fsp3) is 0.706. The summed E-state index contributed by atoms with van der Waals surface area (Å²) in [6.45, 7) is 7.26. The van der Waals surface area contributed by atoms with E-state index in [-0.39, 0.29) is 54.0 Å². The smallest absolute Gasteiger partial charge is 0.357 e. The van der Waals surface area contributed by atoms with Crippen molar-refractivity contribution in [2.45, 2.75) is 46.0 Å². The van der Waals surface area contributed by atoms with Gasteiger partial charge in [-0.05, 0) is 13.3 Å². The first-order valence-electron chi connectivity index (χ1n) is 9.05. The van der Waals surface area contributed by atoms with E-state index in [1.807, 2.05) is 20.8 Å². The molecule has 1 aromatic rings. The average molecular weight is 516 g/mol. The van der Waals surface area contributed by atoms with E-state index in [1.165, 1.54) is 13.2 Å². The number of alkyl halides is 3. The summed E-state index contributed by atoms with van der Waals surface area (Å²) in [7, 11) is 1.45. The van der Waals surface area contributed by atoms with Crippen LogP contribution in [0.2, 0.25) is 0 Å². The van der Waals surface area contributed by atoms with E-state index < -0.39 is 11.9 Å². The van der Waals surface area contributed by atoms with Gasteiger partial charge in [-0.3, -0.25) is 9.48 Å². The first kappa shape index (κ1) is 24.5. The molecule has 1 saturated heterocycles. The number of nitrogens with zero attached hydrogens (tertiary/aromatic N) is 4. The molecule has 1 fully saturated rings. The van der Waals surface area contributed by atoms with Crippen LogP contribution in [-0.4, -0.2) is 52.2 Å². The lowest BCUT2D eigenvalue weighted by molar-refractivity contribution is -0.142. The fourth-order valence-corrected chi connectivity index (χ4v) is 3.01. The van der Waals surface area contributed by atoms with Gasteiger partial charge in [0.15, 0.2) is 11.7 Å². The number of carbonyl (C=O) groups is 1. The molecule has 0 bridgehead atoms. The van der Waals surface area contributed by atoms with Crippen LogP contribution in [0.5, 0.6) is 0 Å². The highest BCUT2D eigenvalue weighted by Gasteiger charge is 2.36. The van der Waals surface area contributed by atoms with E-state index in [4.69, 9.17) is 0 Å². The highest BCUT2D eigenvalue weighted by atomic mass is 127. The number of aliphatic imine (C=N–C) groups is 1. The molecule has 160 valence electrons. The highest BCUT2D eigenvalue weighted by Crippen LogP contribution is 2.30. The standard InChI is InChI=1S/C17H27F3N6O.HI/c1-5-21-16(23-13-6-7-26(10-13)15(27)11(2)3)22-8-12-9-25(4)24-14(12)17(18,19)20;/h9,11,13H,5-8,10H2,1-4H3,(H2,21,22,23);1H. The Morgan fingerprint density at radius 2 is 2.11 bits per heavy atom. The van der Waals surface area contributed by atoms with Crippen LogP contribution in [0.1, 0.15) is 38.4 Å². The lowest BCUT2D eigenvalue weighted by atomic mass is 10.2. The minimum atomic E-state index is -4.51. The zero-order chi connectivity index (χ0) is 20.2. The molecule has 1 aromatic heterocycles. The number of likely N-dealkylation sites (tertiary alicyclic amines) is 1. The Hall–Kier alpha value is -1.53. The third-order valence-corrected chi connectivity index (χ3v) is 4.26. The van der Waals surface area contributed by atoms with Crippen LogP contribution in [0.25, 0.3) is 0 Å². The lowest BCUT2D eigenvalue weighted by Crippen LogP contribution is -2.45. The summed E-state index contributed by atoms with van der Waals surface area (Å²) in [5, 5.41) is 9.74. The molecule has 11 heteroatoms. The maximum Gasteiger partial charge on any atom is 0.435 e. The van der Waals surface area contributed by atoms with Crippen LogP contribution in [-0.2, 0) is 24.6 Å². The Labute approximate surface area is 180 Å². The number of nitrogens with one attached hydrogen (secondary N) is 2. The lowest BCUT2D eigenvalue weighted by Gasteiger charge is -2.20. The molecule has 7 nitrogen and oxygen atoms in total. The molecule has 1 atom stereocenters. The van der Waals surface area contributed by atoms with Gasteiger partial charge in [0.05, 0.1) is 6.54 Å². The molecule has 2 heterocycles. The fourth-order valence-electron chi connectivity index (χ4n) is 3.01. The summed E-state index contributed by atoms with van der Waals surface area (Å²) < 4.78 is 40.3. The van der Waals surface area contributed by atoms with Crippen molar-refractivity contribution in [2.24, 2.45) is 18.0 Å². The van der Waals surface area contributed by atoms with Crippen LogP contribution in [0.3, 0.4) is 0 Å². The summed E-state index contributed by atoms with van der Waals surface area (Å²) >= 11 is 0. The number of amides is 1. The number of guanidine groups is 1. The number of hydrogen-bond acceptors (Lipinski definition) is 3. The van der Waals surface area contributed by atoms with Gasteiger partial charge in [-0.25, -0.2) is 4.99 Å². The molecule has 1 aliphatic rings. The van der Waals surface area contributed by atoms with Gasteiger partial charge in [0, 0.05) is 50.4 Å². The predicted molar refractivity (Wildman–Crippen MR) is 111 cm³/mol. The molecule has 1 aliphatic heterocycles. The molecule has 1 unspecified atom stereocenters. The second-order valence-electron chi connectivity index (χ2n) is 6.94. The van der Waals surface area contributed by atoms with Gasteiger partial charge in [-0.2, -0.15) is 18.3 Å². The molecule has 2 N–H and O–H groups in total. The molecular formula is C17H28F3IN6O. The number of carbonyl (C=O) groups excluding carboxylic acids is 1. The van der Waals surface area contributed by atoms with Crippen LogP contribution in [0, 0.1) is 5.92 Å². The molecule has 0 aliphatic carbocycles. The SMILES string of the molecule is CCNC(=NCc1cn(C)nc1C(F)(F)F)NC1CCN(C(=O)C(C)C)C1.I. The van der Waals surface area contributed by atoms with Crippen LogP contribution in [0.15, 0.2) is 11.2 Å². The third-order valence-electron chi connectivity index (χ3n) is 4.26. The van der Waals surface area contributed by atoms with Gasteiger partial charge in [0.25, 0.3) is 0 Å². The summed E-state index contributed by atoms with van der Waals surface area (Å²) in [6.07, 6.45) is -2.42. The molecule has 1 amide bonds. The van der Waals surface area contributed by atoms with Gasteiger partial charge in [-0.15, -0.1) is 24.0 Å². The zero-order valence-electron chi connectivity index (χ0n) is 16.5. The largest absolute Gasteiger partial charge is 0.435 e. The van der Waals surface area contributed by atoms with Gasteiger partial charge < -0.3 is 15.5 Å². The van der Waals surface area contributed by atoms with E-state index in [0.717, 1.165) is 11.1 Å². The van der Waals surface area contributed by atoms with Crippen molar-refractivity contribution >= 4 is 35.8 Å². The van der Waals surface area contributed by atoms with Gasteiger partial charge in [-0.1, -0.05) is 13.8 Å². The average Bonchev–Trinajstić information content (AvgIpc) is 3.18. The molecule has 0 spiro atoms. The third kappa shape index (κ3) is 6.52. The maximum absolute atomic E-state index is 13.1. The molecule has 0 saturated carbocycles. The summed E-state index contributed by atoms with van der Waals surface area (Å²) in [4.78, 5) is 18.2. The summed E-state index contributed by atoms with van der Waals surface area (Å²) in [6, 6.07) is 0.0153. The zero-order valence-corrected chi connectivity index (χ0v) is 18.8. The van der Waals surface area contributed by atoms with Crippen molar-refractivity contribution < 1.29 is 18.0 Å². The Kier molecular flexibility index (Phi) is 9.02. The van der Waals surface area contributed by atoms with Crippen molar-refractivity contribution in [1.82, 2.24) is 25.3 Å². The molecule has 28 heavy (non-hydrogen) atoms. The predicted octanol–water partition coefficient (Wildman–Crippen LogP) is 2.37. The number of aromatic nitrogens is 2. The van der Waals surface area contributed by atoms with Crippen LogP contribution in [0.4, 0.5) is 13.2 Å². The van der Waals surface area contributed by atoms with Gasteiger partial charge in [0.2, 0.25) is 5.91 Å². The van der Waals surface area contributed by atoms with Crippen LogP contribution >= 0.6 is 24.0 Å². The van der Waals surface area contributed by atoms with E-state index in [2.05, 4.69) is 20.7 Å². The first-order valence-corrected chi connectivity index (χ1v) is 9.05. The Bertz CT molecular complexity index is 689. The van der Waals surface area contributed by atoms with Crippen molar-refractivity contribution in [3.63, 3.8) is 0 Å². The molecule has 0 radical (unpaired) electrons. The Morgan fingerprint density at radius 1 is 1.43 bits per heavy atom. The van der Waals surface area contributed by atoms with Crippen molar-refractivity contribution in [2.75, 3.05) is 19.6 Å². The number of aryl methyl sites for hydroxylation is 1. The quantitative estimate of drug-likeness (QED) is 0.358. The summed E-state index contributed by atoms with van der Waals surface area (Å²) in [5.74, 6) is 0.474. The summed E-state index contributed by atoms with van der Waals surface area (Å²) in [5.41, 5.74) is -0.899. The van der Waals surface area contributed by atoms with Gasteiger partial charge >= 0.3 is 6.18 Å². The second kappa shape index (κ2) is 10.3. The number of halogens is 4. The van der Waals surface area contributed by atoms with Gasteiger partial charge in [0.1, 0.15) is 0 Å². The monoisotopic (exact) mass is 516 g/mol. The molecule has 0 aromatic carbocycles. The van der Waals surface area contributed by atoms with E-state index in [9.17, 15) is 18.0 Å². The minimum Gasteiger partial charge on any atom is -0.357 e. The van der Waals surface area contributed by atoms with Crippen LogP contribution < -0.4 is 10.6 Å². The maximum atomic E-state index is 13.1. The molecular weight excluding hydrogens is 488 g/mol. The normalized spacial score (nSPS) is 17.6. The van der Waals surface area contributed by atoms with E-state index in [0.29, 0.717) is 25.6 Å². The Morgan fingerprint density at radius 3 is 2.68 bits per heavy atom. The number of rotatable bonds is 5. The topological polar surface area (TPSA) is 74.6 Å². The van der Waals surface area contributed by atoms with E-state index >= 15 is 0 Å². The van der Waals surface area contributed by atoms with Crippen molar-refractivity contribution in [3.05, 3.63) is 17.5 Å². The first-order chi connectivity index (χ1) is 12.6. The highest BCUT2D eigenvalue weighted by molar-refractivity contribution is 14.0. The van der Waals surface area contributed by atoms with Crippen molar-refractivity contribution in [3.8, 4) is 0 Å².